The van der Waals surface area contributed by atoms with Crippen molar-refractivity contribution in [3.63, 3.8) is 0 Å². The van der Waals surface area contributed by atoms with Crippen LogP contribution in [-0.4, -0.2) is 62.5 Å². The molecule has 9 nitrogen and oxygen atoms in total. The number of rotatable bonds is 5. The largest absolute Gasteiger partial charge is 0.480 e. The van der Waals surface area contributed by atoms with E-state index in [4.69, 9.17) is 4.74 Å². The Hall–Kier alpha value is -3.79. The van der Waals surface area contributed by atoms with Crippen molar-refractivity contribution in [3.8, 4) is 11.1 Å². The molecule has 1 fully saturated rings. The summed E-state index contributed by atoms with van der Waals surface area (Å²) in [6.07, 6.45) is -0.692. The third kappa shape index (κ3) is 3.93. The lowest BCUT2D eigenvalue weighted by atomic mass is 9.98. The van der Waals surface area contributed by atoms with Crippen molar-refractivity contribution in [2.45, 2.75) is 12.0 Å². The monoisotopic (exact) mass is 464 g/mol. The van der Waals surface area contributed by atoms with E-state index in [0.29, 0.717) is 5.75 Å². The lowest BCUT2D eigenvalue weighted by Crippen LogP contribution is -2.41. The number of hydrogen-bond acceptors (Lipinski definition) is 6. The Morgan fingerprint density at radius 2 is 1.79 bits per heavy atom. The number of H-pyrrole nitrogens is 1. The molecule has 0 radical (unpaired) electrons. The highest BCUT2D eigenvalue weighted by Gasteiger charge is 2.36. The summed E-state index contributed by atoms with van der Waals surface area (Å²) in [6.45, 7) is 0.154. The summed E-state index contributed by atoms with van der Waals surface area (Å²) in [5, 5.41) is 18.3. The molecule has 2 heterocycles. The van der Waals surface area contributed by atoms with Crippen LogP contribution in [0.5, 0.6) is 0 Å². The van der Waals surface area contributed by atoms with E-state index in [9.17, 15) is 19.5 Å². The van der Waals surface area contributed by atoms with Gasteiger partial charge in [-0.1, -0.05) is 48.5 Å². The molecule has 1 aromatic heterocycles. The van der Waals surface area contributed by atoms with E-state index in [1.807, 2.05) is 36.4 Å². The normalized spacial score (nSPS) is 16.8. The predicted molar refractivity (Wildman–Crippen MR) is 122 cm³/mol. The van der Waals surface area contributed by atoms with E-state index in [1.165, 1.54) is 22.7 Å². The number of amides is 2. The van der Waals surface area contributed by atoms with Gasteiger partial charge in [0.1, 0.15) is 18.3 Å². The van der Waals surface area contributed by atoms with E-state index in [2.05, 4.69) is 27.6 Å². The van der Waals surface area contributed by atoms with Gasteiger partial charge in [-0.15, -0.1) is 11.8 Å². The molecule has 1 saturated heterocycles. The van der Waals surface area contributed by atoms with Crippen molar-refractivity contribution in [2.75, 3.05) is 23.6 Å². The fourth-order valence-corrected chi connectivity index (χ4v) is 5.38. The van der Waals surface area contributed by atoms with E-state index in [-0.39, 0.29) is 29.9 Å². The summed E-state index contributed by atoms with van der Waals surface area (Å²) in [7, 11) is 0. The van der Waals surface area contributed by atoms with Crippen LogP contribution in [-0.2, 0) is 9.53 Å². The zero-order valence-corrected chi connectivity index (χ0v) is 18.2. The van der Waals surface area contributed by atoms with Crippen LogP contribution in [0.4, 0.5) is 10.6 Å². The van der Waals surface area contributed by atoms with Gasteiger partial charge in [0.2, 0.25) is 0 Å². The van der Waals surface area contributed by atoms with Crippen molar-refractivity contribution < 1.29 is 24.2 Å². The van der Waals surface area contributed by atoms with E-state index >= 15 is 0 Å². The first kappa shape index (κ1) is 21.1. The second-order valence-corrected chi connectivity index (χ2v) is 8.75. The third-order valence-electron chi connectivity index (χ3n) is 5.81. The van der Waals surface area contributed by atoms with Crippen molar-refractivity contribution >= 4 is 35.5 Å². The molecule has 1 atom stereocenters. The molecule has 168 valence electrons. The molecule has 0 saturated carbocycles. The molecule has 33 heavy (non-hydrogen) atoms. The highest BCUT2D eigenvalue weighted by Crippen LogP contribution is 2.44. The van der Waals surface area contributed by atoms with Gasteiger partial charge in [-0.2, -0.15) is 5.10 Å². The lowest BCUT2D eigenvalue weighted by molar-refractivity contribution is -0.140. The molecular weight excluding hydrogens is 444 g/mol. The number of anilines is 1. The van der Waals surface area contributed by atoms with Crippen molar-refractivity contribution in [1.29, 1.82) is 0 Å². The first-order valence-corrected chi connectivity index (χ1v) is 11.5. The van der Waals surface area contributed by atoms with Gasteiger partial charge in [-0.05, 0) is 22.3 Å². The standard InChI is InChI=1S/C23H20N4O5S/c28-21(27-12-33-11-19(27)22(29)30)18-9-20(26-25-18)24-23(31)32-10-17-15-7-3-1-5-13(15)14-6-2-4-8-16(14)17/h1-9,17,19H,10-12H2,(H,29,30)(H2,24,25,26,31). The van der Waals surface area contributed by atoms with Crippen molar-refractivity contribution in [3.05, 3.63) is 71.4 Å². The average Bonchev–Trinajstić information content (AvgIpc) is 3.55. The third-order valence-corrected chi connectivity index (χ3v) is 6.82. The number of carboxylic acid groups (broad SMARTS) is 1. The number of nitrogens with zero attached hydrogens (tertiary/aromatic N) is 2. The number of carbonyl (C=O) groups is 3. The van der Waals surface area contributed by atoms with Crippen LogP contribution in [0.15, 0.2) is 54.6 Å². The summed E-state index contributed by atoms with van der Waals surface area (Å²) in [4.78, 5) is 37.6. The minimum Gasteiger partial charge on any atom is -0.480 e. The topological polar surface area (TPSA) is 125 Å². The number of benzene rings is 2. The van der Waals surface area contributed by atoms with E-state index in [1.54, 1.807) is 0 Å². The van der Waals surface area contributed by atoms with Gasteiger partial charge in [0, 0.05) is 17.7 Å². The number of fused-ring (bicyclic) bond motifs is 3. The zero-order valence-electron chi connectivity index (χ0n) is 17.4. The maximum atomic E-state index is 12.6. The number of carboxylic acids is 1. The molecule has 3 aromatic rings. The Kier molecular flexibility index (Phi) is 5.51. The highest BCUT2D eigenvalue weighted by atomic mass is 32.2. The second-order valence-electron chi connectivity index (χ2n) is 7.75. The number of nitrogens with one attached hydrogen (secondary N) is 2. The maximum absolute atomic E-state index is 12.6. The maximum Gasteiger partial charge on any atom is 0.412 e. The number of aliphatic carboxylic acids is 1. The summed E-state index contributed by atoms with van der Waals surface area (Å²) < 4.78 is 5.48. The van der Waals surface area contributed by atoms with Gasteiger partial charge in [-0.3, -0.25) is 15.2 Å². The minimum atomic E-state index is -1.05. The van der Waals surface area contributed by atoms with Gasteiger partial charge >= 0.3 is 12.1 Å². The number of aromatic nitrogens is 2. The fourth-order valence-electron chi connectivity index (χ4n) is 4.24. The molecule has 2 aromatic carbocycles. The molecule has 1 aliphatic carbocycles. The minimum absolute atomic E-state index is 0.0694. The summed E-state index contributed by atoms with van der Waals surface area (Å²) in [5.74, 6) is -0.871. The average molecular weight is 465 g/mol. The Morgan fingerprint density at radius 1 is 1.12 bits per heavy atom. The smallest absolute Gasteiger partial charge is 0.412 e. The van der Waals surface area contributed by atoms with Gasteiger partial charge in [0.05, 0.1) is 5.88 Å². The molecule has 2 amide bonds. The van der Waals surface area contributed by atoms with Crippen LogP contribution < -0.4 is 5.32 Å². The Bertz CT molecular complexity index is 1200. The zero-order chi connectivity index (χ0) is 22.9. The van der Waals surface area contributed by atoms with E-state index in [0.717, 1.165) is 22.3 Å². The number of ether oxygens (including phenoxy) is 1. The van der Waals surface area contributed by atoms with Crippen LogP contribution in [0.1, 0.15) is 27.5 Å². The molecule has 1 aliphatic heterocycles. The van der Waals surface area contributed by atoms with Gasteiger partial charge in [0.25, 0.3) is 5.91 Å². The molecule has 3 N–H and O–H groups in total. The number of thioether (sulfide) groups is 1. The van der Waals surface area contributed by atoms with Crippen LogP contribution in [0.3, 0.4) is 0 Å². The van der Waals surface area contributed by atoms with Crippen LogP contribution in [0.2, 0.25) is 0 Å². The van der Waals surface area contributed by atoms with Crippen LogP contribution in [0, 0.1) is 0 Å². The summed E-state index contributed by atoms with van der Waals surface area (Å²) >= 11 is 1.37. The van der Waals surface area contributed by atoms with Crippen molar-refractivity contribution in [1.82, 2.24) is 15.1 Å². The highest BCUT2D eigenvalue weighted by molar-refractivity contribution is 7.99. The lowest BCUT2D eigenvalue weighted by Gasteiger charge is -2.19. The SMILES string of the molecule is O=C(Nc1cc(C(=O)N2CSCC2C(=O)O)[nH]n1)OCC1c2ccccc2-c2ccccc21. The Balaban J connectivity index is 1.23. The molecular formula is C23H20N4O5S. The van der Waals surface area contributed by atoms with E-state index < -0.39 is 24.0 Å². The predicted octanol–water partition coefficient (Wildman–Crippen LogP) is 3.37. The first-order valence-electron chi connectivity index (χ1n) is 10.3. The molecule has 10 heteroatoms. The van der Waals surface area contributed by atoms with Gasteiger partial charge in [-0.25, -0.2) is 9.59 Å². The second kappa shape index (κ2) is 8.62. The van der Waals surface area contributed by atoms with Gasteiger partial charge < -0.3 is 14.7 Å². The molecule has 1 unspecified atom stereocenters. The molecule has 0 spiro atoms. The fraction of sp³-hybridized carbons (Fsp3) is 0.217. The van der Waals surface area contributed by atoms with Gasteiger partial charge in [0.15, 0.2) is 5.82 Å². The number of carbonyl (C=O) groups excluding carboxylic acids is 2. The van der Waals surface area contributed by atoms with Crippen LogP contribution >= 0.6 is 11.8 Å². The Morgan fingerprint density at radius 3 is 2.45 bits per heavy atom. The Labute approximate surface area is 193 Å². The first-order chi connectivity index (χ1) is 16.0. The summed E-state index contributed by atoms with van der Waals surface area (Å²) in [6, 6.07) is 16.6. The molecule has 5 rings (SSSR count). The molecule has 0 bridgehead atoms. The van der Waals surface area contributed by atoms with Crippen molar-refractivity contribution in [2.24, 2.45) is 0 Å². The molecule has 2 aliphatic rings. The number of aromatic amines is 1. The summed E-state index contributed by atoms with van der Waals surface area (Å²) in [5.41, 5.74) is 4.58. The van der Waals surface area contributed by atoms with Crippen LogP contribution in [0.25, 0.3) is 11.1 Å². The quantitative estimate of drug-likeness (QED) is 0.529. The number of hydrogen-bond donors (Lipinski definition) is 3.